The summed E-state index contributed by atoms with van der Waals surface area (Å²) in [5, 5.41) is 7.20. The van der Waals surface area contributed by atoms with E-state index in [1.807, 2.05) is 32.9 Å². The van der Waals surface area contributed by atoms with E-state index in [9.17, 15) is 8.42 Å². The number of benzene rings is 2. The molecule has 1 spiro atoms. The quantitative estimate of drug-likeness (QED) is 0.744. The van der Waals surface area contributed by atoms with E-state index in [4.69, 9.17) is 4.99 Å². The average molecular weight is 455 g/mol. The van der Waals surface area contributed by atoms with E-state index in [1.165, 1.54) is 11.1 Å². The second-order valence-electron chi connectivity index (χ2n) is 9.18. The van der Waals surface area contributed by atoms with Crippen LogP contribution in [0.15, 0.2) is 46.3 Å². The highest BCUT2D eigenvalue weighted by Gasteiger charge is 2.43. The lowest BCUT2D eigenvalue weighted by molar-refractivity contribution is 0.241. The summed E-state index contributed by atoms with van der Waals surface area (Å²) in [6.07, 6.45) is 1.41. The third kappa shape index (κ3) is 4.47. The smallest absolute Gasteiger partial charge is 0.243 e. The Morgan fingerprint density at radius 1 is 1.00 bits per heavy atom. The Morgan fingerprint density at radius 2 is 1.66 bits per heavy atom. The fourth-order valence-electron chi connectivity index (χ4n) is 4.69. The number of nitrogens with one attached hydrogen (secondary N) is 2. The molecule has 0 radical (unpaired) electrons. The van der Waals surface area contributed by atoms with Gasteiger partial charge in [-0.3, -0.25) is 4.99 Å². The number of rotatable bonds is 4. The van der Waals surface area contributed by atoms with Crippen molar-refractivity contribution in [2.45, 2.75) is 57.5 Å². The van der Waals surface area contributed by atoms with E-state index in [1.54, 1.807) is 4.31 Å². The highest BCUT2D eigenvalue weighted by atomic mass is 32.2. The van der Waals surface area contributed by atoms with Gasteiger partial charge in [-0.05, 0) is 68.9 Å². The van der Waals surface area contributed by atoms with Gasteiger partial charge in [-0.1, -0.05) is 35.9 Å². The third-order valence-corrected chi connectivity index (χ3v) is 8.90. The van der Waals surface area contributed by atoms with E-state index in [-0.39, 0.29) is 5.54 Å². The monoisotopic (exact) mass is 454 g/mol. The van der Waals surface area contributed by atoms with Crippen LogP contribution < -0.4 is 10.6 Å². The molecule has 172 valence electrons. The molecule has 1 fully saturated rings. The molecule has 2 N–H and O–H groups in total. The van der Waals surface area contributed by atoms with E-state index in [0.29, 0.717) is 37.4 Å². The van der Waals surface area contributed by atoms with Crippen LogP contribution in [-0.2, 0) is 16.6 Å². The summed E-state index contributed by atoms with van der Waals surface area (Å²) < 4.78 is 28.5. The number of hydrogen-bond donors (Lipinski definition) is 2. The Kier molecular flexibility index (Phi) is 6.43. The van der Waals surface area contributed by atoms with Gasteiger partial charge < -0.3 is 10.6 Å². The Labute approximate surface area is 192 Å². The number of sulfonamides is 1. The summed E-state index contributed by atoms with van der Waals surface area (Å²) in [7, 11) is -3.52. The highest BCUT2D eigenvalue weighted by Crippen LogP contribution is 2.30. The average Bonchev–Trinajstić information content (AvgIpc) is 2.77. The summed E-state index contributed by atoms with van der Waals surface area (Å²) in [5.74, 6) is 0.962. The maximum atomic E-state index is 13.4. The summed E-state index contributed by atoms with van der Waals surface area (Å²) >= 11 is 0. The highest BCUT2D eigenvalue weighted by molar-refractivity contribution is 7.89. The van der Waals surface area contributed by atoms with Gasteiger partial charge in [-0.15, -0.1) is 0 Å². The van der Waals surface area contributed by atoms with E-state index in [0.717, 1.165) is 35.6 Å². The molecule has 2 aromatic carbocycles. The van der Waals surface area contributed by atoms with Crippen LogP contribution in [-0.4, -0.2) is 50.3 Å². The van der Waals surface area contributed by atoms with Crippen molar-refractivity contribution in [1.82, 2.24) is 14.9 Å². The number of aryl methyl sites for hydroxylation is 4. The molecule has 0 aromatic heterocycles. The molecule has 2 aliphatic rings. The first kappa shape index (κ1) is 23.0. The van der Waals surface area contributed by atoms with Crippen LogP contribution in [0.25, 0.3) is 0 Å². The molecule has 7 heteroatoms. The van der Waals surface area contributed by atoms with Gasteiger partial charge in [-0.2, -0.15) is 4.31 Å². The SMILES string of the molecule is Cc1ccc(CNC2=NCCNC23CCN(S(=O)(=O)c2cc(C)c(C)cc2C)CC3)cc1. The maximum Gasteiger partial charge on any atom is 0.243 e. The van der Waals surface area contributed by atoms with Gasteiger partial charge in [0.25, 0.3) is 0 Å². The van der Waals surface area contributed by atoms with Crippen molar-refractivity contribution < 1.29 is 8.42 Å². The number of nitrogens with zero attached hydrogens (tertiary/aromatic N) is 2. The van der Waals surface area contributed by atoms with Gasteiger partial charge in [0.2, 0.25) is 10.0 Å². The Bertz CT molecular complexity index is 1120. The van der Waals surface area contributed by atoms with Crippen LogP contribution in [0.5, 0.6) is 0 Å². The van der Waals surface area contributed by atoms with Crippen LogP contribution in [0.1, 0.15) is 40.7 Å². The van der Waals surface area contributed by atoms with Crippen LogP contribution in [0.2, 0.25) is 0 Å². The molecule has 2 heterocycles. The lowest BCUT2D eigenvalue weighted by atomic mass is 9.85. The Balaban J connectivity index is 1.48. The lowest BCUT2D eigenvalue weighted by Gasteiger charge is -2.44. The molecule has 2 aromatic rings. The number of amidine groups is 1. The van der Waals surface area contributed by atoms with Crippen molar-refractivity contribution in [1.29, 1.82) is 0 Å². The number of hydrogen-bond acceptors (Lipinski definition) is 5. The molecule has 0 aliphatic carbocycles. The van der Waals surface area contributed by atoms with Gasteiger partial charge in [-0.25, -0.2) is 8.42 Å². The van der Waals surface area contributed by atoms with Crippen molar-refractivity contribution in [2.24, 2.45) is 4.99 Å². The minimum Gasteiger partial charge on any atom is -0.368 e. The first-order valence-electron chi connectivity index (χ1n) is 11.4. The Hall–Kier alpha value is -2.22. The van der Waals surface area contributed by atoms with Gasteiger partial charge in [0.05, 0.1) is 17.0 Å². The molecule has 0 amide bonds. The second kappa shape index (κ2) is 8.96. The van der Waals surface area contributed by atoms with Crippen molar-refractivity contribution >= 4 is 15.9 Å². The first-order valence-corrected chi connectivity index (χ1v) is 12.8. The van der Waals surface area contributed by atoms with Crippen LogP contribution in [0.3, 0.4) is 0 Å². The lowest BCUT2D eigenvalue weighted by Crippen LogP contribution is -2.64. The third-order valence-electron chi connectivity index (χ3n) is 6.86. The standard InChI is InChI=1S/C25H34N4O2S/c1-18-5-7-22(8-6-18)17-27-24-25(28-12-11-26-24)9-13-29(14-10-25)32(30,31)23-16-20(3)19(2)15-21(23)4/h5-8,15-16,28H,9-14,17H2,1-4H3,(H,26,27). The van der Waals surface area contributed by atoms with Gasteiger partial charge in [0.1, 0.15) is 5.84 Å². The summed E-state index contributed by atoms with van der Waals surface area (Å²) in [5.41, 5.74) is 5.11. The summed E-state index contributed by atoms with van der Waals surface area (Å²) in [4.78, 5) is 5.23. The minimum absolute atomic E-state index is 0.285. The van der Waals surface area contributed by atoms with E-state index >= 15 is 0 Å². The zero-order valence-corrected chi connectivity index (χ0v) is 20.3. The van der Waals surface area contributed by atoms with Crippen LogP contribution >= 0.6 is 0 Å². The molecule has 6 nitrogen and oxygen atoms in total. The Morgan fingerprint density at radius 3 is 2.34 bits per heavy atom. The molecule has 0 bridgehead atoms. The number of piperidine rings is 1. The van der Waals surface area contributed by atoms with Gasteiger partial charge in [0.15, 0.2) is 0 Å². The van der Waals surface area contributed by atoms with E-state index < -0.39 is 10.0 Å². The molecule has 0 unspecified atom stereocenters. The minimum atomic E-state index is -3.52. The van der Waals surface area contributed by atoms with Gasteiger partial charge in [0, 0.05) is 26.2 Å². The fourth-order valence-corrected chi connectivity index (χ4v) is 6.42. The molecular weight excluding hydrogens is 420 g/mol. The predicted molar refractivity (Wildman–Crippen MR) is 130 cm³/mol. The molecule has 0 saturated carbocycles. The molecule has 1 saturated heterocycles. The van der Waals surface area contributed by atoms with Crippen LogP contribution in [0, 0.1) is 27.7 Å². The molecule has 0 atom stereocenters. The summed E-state index contributed by atoms with van der Waals surface area (Å²) in [6.45, 7) is 11.2. The van der Waals surface area contributed by atoms with Crippen molar-refractivity contribution in [3.8, 4) is 0 Å². The zero-order valence-electron chi connectivity index (χ0n) is 19.5. The zero-order chi connectivity index (χ0) is 22.9. The van der Waals surface area contributed by atoms with Crippen molar-refractivity contribution in [3.63, 3.8) is 0 Å². The second-order valence-corrected chi connectivity index (χ2v) is 11.1. The molecule has 2 aliphatic heterocycles. The predicted octanol–water partition coefficient (Wildman–Crippen LogP) is 3.24. The van der Waals surface area contributed by atoms with Gasteiger partial charge >= 0.3 is 0 Å². The first-order chi connectivity index (χ1) is 15.2. The van der Waals surface area contributed by atoms with E-state index in [2.05, 4.69) is 41.8 Å². The number of aliphatic imine (C=N–C) groups is 1. The normalized spacial score (nSPS) is 19.1. The summed E-state index contributed by atoms with van der Waals surface area (Å²) in [6, 6.07) is 12.3. The van der Waals surface area contributed by atoms with Crippen LogP contribution in [0.4, 0.5) is 0 Å². The topological polar surface area (TPSA) is 73.8 Å². The fraction of sp³-hybridized carbons (Fsp3) is 0.480. The van der Waals surface area contributed by atoms with Crippen molar-refractivity contribution in [3.05, 3.63) is 64.2 Å². The molecule has 32 heavy (non-hydrogen) atoms. The molecule has 4 rings (SSSR count). The molecular formula is C25H34N4O2S. The maximum absolute atomic E-state index is 13.4. The van der Waals surface area contributed by atoms with Crippen molar-refractivity contribution in [2.75, 3.05) is 26.2 Å². The largest absolute Gasteiger partial charge is 0.368 e.